The fraction of sp³-hybridized carbons (Fsp3) is 0.500. The van der Waals surface area contributed by atoms with Crippen molar-refractivity contribution in [2.24, 2.45) is 5.92 Å². The zero-order valence-electron chi connectivity index (χ0n) is 9.51. The molecule has 2 nitrogen and oxygen atoms in total. The van der Waals surface area contributed by atoms with Gasteiger partial charge in [0.05, 0.1) is 6.10 Å². The van der Waals surface area contributed by atoms with Crippen LogP contribution in [0.4, 0.5) is 17.6 Å². The third kappa shape index (κ3) is 3.43. The molecule has 18 heavy (non-hydrogen) atoms. The molecule has 1 fully saturated rings. The largest absolute Gasteiger partial charge is 0.411 e. The summed E-state index contributed by atoms with van der Waals surface area (Å²) >= 11 is 0. The summed E-state index contributed by atoms with van der Waals surface area (Å²) in [7, 11) is 0. The first kappa shape index (κ1) is 13.3. The maximum Gasteiger partial charge on any atom is 0.411 e. The Kier molecular flexibility index (Phi) is 3.87. The molecule has 1 aliphatic rings. The van der Waals surface area contributed by atoms with E-state index >= 15 is 0 Å². The molecule has 0 saturated carbocycles. The van der Waals surface area contributed by atoms with Crippen LogP contribution in [0.5, 0.6) is 0 Å². The predicted octanol–water partition coefficient (Wildman–Crippen LogP) is 2.67. The number of alkyl halides is 3. The van der Waals surface area contributed by atoms with Crippen LogP contribution in [0, 0.1) is 11.7 Å². The molecule has 0 aliphatic carbocycles. The van der Waals surface area contributed by atoms with Gasteiger partial charge in [-0.3, -0.25) is 0 Å². The molecule has 1 unspecified atom stereocenters. The SMILES string of the molecule is Fc1ccc(C(OCC(F)(F)F)C2CNC2)cc1. The second-order valence-corrected chi connectivity index (χ2v) is 4.32. The summed E-state index contributed by atoms with van der Waals surface area (Å²) in [5, 5.41) is 2.98. The molecule has 100 valence electrons. The van der Waals surface area contributed by atoms with Gasteiger partial charge < -0.3 is 10.1 Å². The Balaban J connectivity index is 2.07. The van der Waals surface area contributed by atoms with E-state index in [-0.39, 0.29) is 5.92 Å². The minimum Gasteiger partial charge on any atom is -0.364 e. The first-order chi connectivity index (χ1) is 8.46. The van der Waals surface area contributed by atoms with E-state index in [0.717, 1.165) is 0 Å². The van der Waals surface area contributed by atoms with Gasteiger partial charge in [0.25, 0.3) is 0 Å². The standard InChI is InChI=1S/C12H13F4NO/c13-10-3-1-8(2-4-10)11(9-5-17-6-9)18-7-12(14,15)16/h1-4,9,11,17H,5-7H2. The second kappa shape index (κ2) is 5.24. The van der Waals surface area contributed by atoms with Crippen molar-refractivity contribution >= 4 is 0 Å². The number of rotatable bonds is 4. The number of hydrogen-bond acceptors (Lipinski definition) is 2. The van der Waals surface area contributed by atoms with Crippen LogP contribution >= 0.6 is 0 Å². The molecule has 0 bridgehead atoms. The monoisotopic (exact) mass is 263 g/mol. The van der Waals surface area contributed by atoms with Crippen LogP contribution < -0.4 is 5.32 Å². The average molecular weight is 263 g/mol. The van der Waals surface area contributed by atoms with Crippen molar-refractivity contribution in [3.8, 4) is 0 Å². The van der Waals surface area contributed by atoms with E-state index < -0.39 is 24.7 Å². The summed E-state index contributed by atoms with van der Waals surface area (Å²) in [5.41, 5.74) is 0.576. The molecule has 0 radical (unpaired) electrons. The molecule has 1 atom stereocenters. The van der Waals surface area contributed by atoms with Gasteiger partial charge in [0.2, 0.25) is 0 Å². The van der Waals surface area contributed by atoms with Gasteiger partial charge >= 0.3 is 6.18 Å². The van der Waals surface area contributed by atoms with Crippen LogP contribution in [0.1, 0.15) is 11.7 Å². The Morgan fingerprint density at radius 1 is 1.22 bits per heavy atom. The van der Waals surface area contributed by atoms with E-state index in [1.165, 1.54) is 24.3 Å². The van der Waals surface area contributed by atoms with E-state index in [9.17, 15) is 17.6 Å². The highest BCUT2D eigenvalue weighted by molar-refractivity contribution is 5.20. The maximum atomic E-state index is 12.8. The molecule has 1 aromatic carbocycles. The van der Waals surface area contributed by atoms with E-state index in [1.54, 1.807) is 0 Å². The van der Waals surface area contributed by atoms with Gasteiger partial charge in [-0.05, 0) is 17.7 Å². The van der Waals surface area contributed by atoms with Crippen molar-refractivity contribution in [1.82, 2.24) is 5.32 Å². The summed E-state index contributed by atoms with van der Waals surface area (Å²) in [5.74, 6) is -0.419. The smallest absolute Gasteiger partial charge is 0.364 e. The number of ether oxygens (including phenoxy) is 1. The molecule has 1 heterocycles. The quantitative estimate of drug-likeness (QED) is 0.843. The highest BCUT2D eigenvalue weighted by Gasteiger charge is 2.34. The Morgan fingerprint density at radius 2 is 1.83 bits per heavy atom. The van der Waals surface area contributed by atoms with Crippen molar-refractivity contribution in [3.63, 3.8) is 0 Å². The zero-order valence-corrected chi connectivity index (χ0v) is 9.51. The molecule has 2 rings (SSSR count). The highest BCUT2D eigenvalue weighted by Crippen LogP contribution is 2.31. The molecular formula is C12H13F4NO. The lowest BCUT2D eigenvalue weighted by molar-refractivity contribution is -0.193. The molecule has 0 spiro atoms. The van der Waals surface area contributed by atoms with Crippen molar-refractivity contribution < 1.29 is 22.3 Å². The number of halogens is 4. The third-order valence-corrected chi connectivity index (χ3v) is 2.87. The molecule has 1 saturated heterocycles. The van der Waals surface area contributed by atoms with Crippen LogP contribution in [0.25, 0.3) is 0 Å². The normalized spacial score (nSPS) is 18.4. The Bertz CT molecular complexity index is 386. The molecule has 6 heteroatoms. The second-order valence-electron chi connectivity index (χ2n) is 4.32. The zero-order chi connectivity index (χ0) is 13.2. The topological polar surface area (TPSA) is 21.3 Å². The van der Waals surface area contributed by atoms with Gasteiger partial charge in [0, 0.05) is 19.0 Å². The summed E-state index contributed by atoms with van der Waals surface area (Å²) in [6.07, 6.45) is -5.00. The number of hydrogen-bond donors (Lipinski definition) is 1. The van der Waals surface area contributed by atoms with E-state index in [1.807, 2.05) is 0 Å². The molecule has 0 aromatic heterocycles. The predicted molar refractivity (Wildman–Crippen MR) is 57.5 cm³/mol. The van der Waals surface area contributed by atoms with Gasteiger partial charge in [0.1, 0.15) is 12.4 Å². The third-order valence-electron chi connectivity index (χ3n) is 2.87. The first-order valence-corrected chi connectivity index (χ1v) is 5.60. The van der Waals surface area contributed by atoms with Crippen molar-refractivity contribution in [1.29, 1.82) is 0 Å². The average Bonchev–Trinajstić information content (AvgIpc) is 2.21. The fourth-order valence-corrected chi connectivity index (χ4v) is 1.87. The first-order valence-electron chi connectivity index (χ1n) is 5.60. The Morgan fingerprint density at radius 3 is 2.28 bits per heavy atom. The van der Waals surface area contributed by atoms with Crippen molar-refractivity contribution in [2.45, 2.75) is 12.3 Å². The van der Waals surface area contributed by atoms with Crippen LogP contribution in [-0.2, 0) is 4.74 Å². The Hall–Kier alpha value is -1.14. The lowest BCUT2D eigenvalue weighted by atomic mass is 9.91. The summed E-state index contributed by atoms with van der Waals surface area (Å²) in [6, 6.07) is 5.39. The van der Waals surface area contributed by atoms with Gasteiger partial charge in [-0.1, -0.05) is 12.1 Å². The van der Waals surface area contributed by atoms with Crippen LogP contribution in [0.15, 0.2) is 24.3 Å². The lowest BCUT2D eigenvalue weighted by Crippen LogP contribution is -2.46. The van der Waals surface area contributed by atoms with Crippen LogP contribution in [-0.4, -0.2) is 25.9 Å². The molecule has 0 amide bonds. The minimum atomic E-state index is -4.35. The van der Waals surface area contributed by atoms with Crippen molar-refractivity contribution in [3.05, 3.63) is 35.6 Å². The van der Waals surface area contributed by atoms with Crippen LogP contribution in [0.3, 0.4) is 0 Å². The van der Waals surface area contributed by atoms with Gasteiger partial charge in [-0.15, -0.1) is 0 Å². The summed E-state index contributed by atoms with van der Waals surface area (Å²) in [6.45, 7) is -0.0641. The number of nitrogens with one attached hydrogen (secondary N) is 1. The van der Waals surface area contributed by atoms with Gasteiger partial charge in [-0.2, -0.15) is 13.2 Å². The molecule has 1 N–H and O–H groups in total. The van der Waals surface area contributed by atoms with Crippen molar-refractivity contribution in [2.75, 3.05) is 19.7 Å². The van der Waals surface area contributed by atoms with Crippen LogP contribution in [0.2, 0.25) is 0 Å². The van der Waals surface area contributed by atoms with Gasteiger partial charge in [-0.25, -0.2) is 4.39 Å². The maximum absolute atomic E-state index is 12.8. The fourth-order valence-electron chi connectivity index (χ4n) is 1.87. The summed E-state index contributed by atoms with van der Waals surface area (Å²) < 4.78 is 54.3. The number of benzene rings is 1. The summed E-state index contributed by atoms with van der Waals surface area (Å²) in [4.78, 5) is 0. The minimum absolute atomic E-state index is 0.00203. The molecular weight excluding hydrogens is 250 g/mol. The molecule has 1 aromatic rings. The van der Waals surface area contributed by atoms with E-state index in [2.05, 4.69) is 5.32 Å². The van der Waals surface area contributed by atoms with E-state index in [0.29, 0.717) is 18.7 Å². The lowest BCUT2D eigenvalue weighted by Gasteiger charge is -2.35. The Labute approximate surface area is 102 Å². The highest BCUT2D eigenvalue weighted by atomic mass is 19.4. The van der Waals surface area contributed by atoms with Gasteiger partial charge in [0.15, 0.2) is 0 Å². The van der Waals surface area contributed by atoms with E-state index in [4.69, 9.17) is 4.74 Å². The molecule has 1 aliphatic heterocycles.